The maximum absolute atomic E-state index is 13.0. The summed E-state index contributed by atoms with van der Waals surface area (Å²) in [6.07, 6.45) is 11.9. The second-order valence-electron chi connectivity index (χ2n) is 8.23. The number of nitrogens with one attached hydrogen (secondary N) is 1. The third-order valence-corrected chi connectivity index (χ3v) is 6.90. The zero-order valence-electron chi connectivity index (χ0n) is 18.7. The number of nitrogens with zero attached hydrogens (tertiary/aromatic N) is 3. The molecule has 0 aromatic heterocycles. The molecule has 0 spiro atoms. The van der Waals surface area contributed by atoms with Gasteiger partial charge < -0.3 is 10.2 Å². The Balaban J connectivity index is 1.56. The van der Waals surface area contributed by atoms with E-state index in [0.29, 0.717) is 6.42 Å². The van der Waals surface area contributed by atoms with E-state index in [0.717, 1.165) is 60.2 Å². The summed E-state index contributed by atoms with van der Waals surface area (Å²) in [5.74, 6) is -0.0715. The highest BCUT2D eigenvalue weighted by Crippen LogP contribution is 2.39. The largest absolute Gasteiger partial charge is 0.323 e. The maximum Gasteiger partial charge on any atom is 0.264 e. The van der Waals surface area contributed by atoms with Crippen LogP contribution in [0.1, 0.15) is 76.7 Å². The monoisotopic (exact) mass is 438 g/mol. The van der Waals surface area contributed by atoms with Gasteiger partial charge in [0.1, 0.15) is 0 Å². The molecule has 1 amide bonds. The van der Waals surface area contributed by atoms with Crippen molar-refractivity contribution in [1.29, 1.82) is 5.26 Å². The van der Waals surface area contributed by atoms with Gasteiger partial charge in [-0.05, 0) is 61.6 Å². The van der Waals surface area contributed by atoms with E-state index in [2.05, 4.69) is 40.3 Å². The molecule has 0 saturated heterocycles. The number of amides is 1. The Labute approximate surface area is 191 Å². The van der Waals surface area contributed by atoms with Crippen molar-refractivity contribution in [1.82, 2.24) is 4.90 Å². The number of benzene rings is 1. The number of anilines is 1. The van der Waals surface area contributed by atoms with Gasteiger partial charge in [-0.3, -0.25) is 9.79 Å². The SMILES string of the molecule is CCCCCCCCc1ccc(NC(=O)C2=C(CCCC#N)N3CCCN=C3S2)cc1. The lowest BCUT2D eigenvalue weighted by Crippen LogP contribution is -2.29. The third kappa shape index (κ3) is 6.87. The fourth-order valence-electron chi connectivity index (χ4n) is 4.01. The Morgan fingerprint density at radius 1 is 1.13 bits per heavy atom. The van der Waals surface area contributed by atoms with E-state index in [9.17, 15) is 4.79 Å². The van der Waals surface area contributed by atoms with E-state index in [1.165, 1.54) is 55.9 Å². The van der Waals surface area contributed by atoms with Gasteiger partial charge >= 0.3 is 0 Å². The van der Waals surface area contributed by atoms with E-state index in [1.54, 1.807) is 0 Å². The fraction of sp³-hybridized carbons (Fsp3) is 0.560. The highest BCUT2D eigenvalue weighted by Gasteiger charge is 2.33. The average molecular weight is 439 g/mol. The van der Waals surface area contributed by atoms with Gasteiger partial charge in [0.05, 0.1) is 11.0 Å². The molecule has 0 unspecified atom stereocenters. The normalized spacial score (nSPS) is 15.5. The first-order valence-electron chi connectivity index (χ1n) is 11.7. The predicted molar refractivity (Wildman–Crippen MR) is 130 cm³/mol. The molecule has 3 rings (SSSR count). The molecule has 2 aliphatic heterocycles. The standard InChI is InChI=1S/C25H34N4OS/c1-2-3-4-5-6-7-11-20-13-15-21(16-14-20)28-24(30)23-22(12-8-9-17-26)29-19-10-18-27-25(29)31-23/h13-16H,2-12,18-19H2,1H3,(H,28,30). The Hall–Kier alpha value is -2.26. The summed E-state index contributed by atoms with van der Waals surface area (Å²) in [6, 6.07) is 10.5. The number of amidine groups is 1. The summed E-state index contributed by atoms with van der Waals surface area (Å²) in [4.78, 5) is 20.5. The number of hydrogen-bond donors (Lipinski definition) is 1. The molecule has 0 bridgehead atoms. The van der Waals surface area contributed by atoms with Crippen LogP contribution in [-0.2, 0) is 11.2 Å². The quantitative estimate of drug-likeness (QED) is 0.392. The summed E-state index contributed by atoms with van der Waals surface area (Å²) in [5.41, 5.74) is 3.18. The molecule has 6 heteroatoms. The van der Waals surface area contributed by atoms with Crippen LogP contribution in [0.15, 0.2) is 39.9 Å². The van der Waals surface area contributed by atoms with Crippen molar-refractivity contribution in [3.05, 3.63) is 40.4 Å². The molecule has 2 aliphatic rings. The average Bonchev–Trinajstić information content (AvgIpc) is 3.16. The number of unbranched alkanes of at least 4 members (excludes halogenated alkanes) is 6. The first-order chi connectivity index (χ1) is 15.2. The Morgan fingerprint density at radius 3 is 2.68 bits per heavy atom. The van der Waals surface area contributed by atoms with Crippen molar-refractivity contribution in [3.8, 4) is 6.07 Å². The number of aryl methyl sites for hydroxylation is 1. The first-order valence-corrected chi connectivity index (χ1v) is 12.5. The predicted octanol–water partition coefficient (Wildman–Crippen LogP) is 6.24. The molecular formula is C25H34N4OS. The van der Waals surface area contributed by atoms with Gasteiger partial charge in [-0.1, -0.05) is 51.2 Å². The number of aliphatic imine (C=N–C) groups is 1. The molecule has 0 radical (unpaired) electrons. The molecule has 31 heavy (non-hydrogen) atoms. The number of allylic oxidation sites excluding steroid dienone is 1. The number of hydrogen-bond acceptors (Lipinski definition) is 5. The minimum absolute atomic E-state index is 0.0715. The van der Waals surface area contributed by atoms with Gasteiger partial charge in [0, 0.05) is 30.9 Å². The van der Waals surface area contributed by atoms with Crippen LogP contribution in [0.25, 0.3) is 0 Å². The van der Waals surface area contributed by atoms with Crippen molar-refractivity contribution >= 4 is 28.5 Å². The molecule has 166 valence electrons. The number of nitriles is 1. The lowest BCUT2D eigenvalue weighted by Gasteiger charge is -2.25. The molecule has 1 N–H and O–H groups in total. The van der Waals surface area contributed by atoms with Crippen molar-refractivity contribution < 1.29 is 4.79 Å². The van der Waals surface area contributed by atoms with Crippen LogP contribution in [0.2, 0.25) is 0 Å². The van der Waals surface area contributed by atoms with Gasteiger partial charge in [-0.25, -0.2) is 0 Å². The number of rotatable bonds is 12. The van der Waals surface area contributed by atoms with Crippen molar-refractivity contribution in [2.24, 2.45) is 4.99 Å². The van der Waals surface area contributed by atoms with E-state index < -0.39 is 0 Å². The van der Waals surface area contributed by atoms with Crippen LogP contribution in [0.5, 0.6) is 0 Å². The number of carbonyl (C=O) groups excluding carboxylic acids is 1. The smallest absolute Gasteiger partial charge is 0.264 e. The summed E-state index contributed by atoms with van der Waals surface area (Å²) in [5, 5.41) is 12.9. The van der Waals surface area contributed by atoms with Crippen LogP contribution in [-0.4, -0.2) is 29.1 Å². The van der Waals surface area contributed by atoms with Gasteiger partial charge in [0.15, 0.2) is 5.17 Å². The highest BCUT2D eigenvalue weighted by molar-refractivity contribution is 8.18. The summed E-state index contributed by atoms with van der Waals surface area (Å²) < 4.78 is 0. The Bertz CT molecular complexity index is 838. The zero-order chi connectivity index (χ0) is 21.9. The highest BCUT2D eigenvalue weighted by atomic mass is 32.2. The minimum Gasteiger partial charge on any atom is -0.323 e. The van der Waals surface area contributed by atoms with Crippen molar-refractivity contribution in [2.45, 2.75) is 77.6 Å². The zero-order valence-corrected chi connectivity index (χ0v) is 19.5. The molecule has 2 heterocycles. The molecule has 0 fully saturated rings. The Kier molecular flexibility index (Phi) is 9.48. The molecular weight excluding hydrogens is 404 g/mol. The van der Waals surface area contributed by atoms with Crippen molar-refractivity contribution in [2.75, 3.05) is 18.4 Å². The molecule has 0 aliphatic carbocycles. The number of thioether (sulfide) groups is 1. The van der Waals surface area contributed by atoms with E-state index in [-0.39, 0.29) is 5.91 Å². The topological polar surface area (TPSA) is 68.5 Å². The van der Waals surface area contributed by atoms with Crippen LogP contribution in [0, 0.1) is 11.3 Å². The Morgan fingerprint density at radius 2 is 1.90 bits per heavy atom. The second kappa shape index (κ2) is 12.6. The number of carbonyl (C=O) groups is 1. The fourth-order valence-corrected chi connectivity index (χ4v) is 5.13. The van der Waals surface area contributed by atoms with E-state index >= 15 is 0 Å². The lowest BCUT2D eigenvalue weighted by molar-refractivity contribution is -0.112. The first kappa shape index (κ1) is 23.4. The van der Waals surface area contributed by atoms with E-state index in [1.807, 2.05) is 12.1 Å². The van der Waals surface area contributed by atoms with Gasteiger partial charge in [-0.2, -0.15) is 5.26 Å². The van der Waals surface area contributed by atoms with Crippen LogP contribution >= 0.6 is 11.8 Å². The minimum atomic E-state index is -0.0715. The van der Waals surface area contributed by atoms with Gasteiger partial charge in [0.25, 0.3) is 5.91 Å². The summed E-state index contributed by atoms with van der Waals surface area (Å²) >= 11 is 1.47. The van der Waals surface area contributed by atoms with E-state index in [4.69, 9.17) is 5.26 Å². The molecule has 1 aromatic carbocycles. The summed E-state index contributed by atoms with van der Waals surface area (Å²) in [7, 11) is 0. The summed E-state index contributed by atoms with van der Waals surface area (Å²) in [6.45, 7) is 3.97. The van der Waals surface area contributed by atoms with Gasteiger partial charge in [-0.15, -0.1) is 0 Å². The third-order valence-electron chi connectivity index (χ3n) is 5.74. The lowest BCUT2D eigenvalue weighted by atomic mass is 10.0. The number of fused-ring (bicyclic) bond motifs is 1. The molecule has 5 nitrogen and oxygen atoms in total. The maximum atomic E-state index is 13.0. The van der Waals surface area contributed by atoms with Crippen LogP contribution in [0.3, 0.4) is 0 Å². The van der Waals surface area contributed by atoms with Gasteiger partial charge in [0.2, 0.25) is 0 Å². The van der Waals surface area contributed by atoms with Crippen LogP contribution in [0.4, 0.5) is 5.69 Å². The molecule has 0 atom stereocenters. The molecule has 0 saturated carbocycles. The van der Waals surface area contributed by atoms with Crippen LogP contribution < -0.4 is 5.32 Å². The second-order valence-corrected chi connectivity index (χ2v) is 9.21. The van der Waals surface area contributed by atoms with Crippen molar-refractivity contribution in [3.63, 3.8) is 0 Å². The molecule has 1 aromatic rings.